The Hall–Kier alpha value is -1.39. The zero-order chi connectivity index (χ0) is 13.7. The van der Waals surface area contributed by atoms with Crippen molar-refractivity contribution >= 4 is 11.3 Å². The third-order valence-corrected chi connectivity index (χ3v) is 3.51. The molecule has 1 N–H and O–H groups in total. The molecule has 0 bridgehead atoms. The molecule has 0 unspecified atom stereocenters. The van der Waals surface area contributed by atoms with Crippen molar-refractivity contribution in [3.05, 3.63) is 45.9 Å². The van der Waals surface area contributed by atoms with Gasteiger partial charge in [-0.15, -0.1) is 11.3 Å². The fourth-order valence-electron chi connectivity index (χ4n) is 1.81. The Morgan fingerprint density at radius 3 is 2.74 bits per heavy atom. The maximum Gasteiger partial charge on any atom is 0.124 e. The topological polar surface area (TPSA) is 34.2 Å². The molecule has 1 aromatic carbocycles. The smallest absolute Gasteiger partial charge is 0.124 e. The normalized spacial score (nSPS) is 10.9. The van der Waals surface area contributed by atoms with Crippen molar-refractivity contribution in [3.63, 3.8) is 0 Å². The van der Waals surface area contributed by atoms with Crippen LogP contribution < -0.4 is 10.1 Å². The van der Waals surface area contributed by atoms with Gasteiger partial charge in [0.1, 0.15) is 10.8 Å². The number of aromatic nitrogens is 1. The van der Waals surface area contributed by atoms with Crippen LogP contribution in [0, 0.1) is 6.92 Å². The van der Waals surface area contributed by atoms with Crippen LogP contribution >= 0.6 is 11.3 Å². The summed E-state index contributed by atoms with van der Waals surface area (Å²) in [6.45, 7) is 7.76. The van der Waals surface area contributed by atoms with Gasteiger partial charge in [0.25, 0.3) is 0 Å². The van der Waals surface area contributed by atoms with E-state index in [-0.39, 0.29) is 6.10 Å². The first-order chi connectivity index (χ1) is 9.15. The van der Waals surface area contributed by atoms with Crippen molar-refractivity contribution in [1.82, 2.24) is 10.3 Å². The zero-order valence-electron chi connectivity index (χ0n) is 11.6. The van der Waals surface area contributed by atoms with Gasteiger partial charge in [-0.3, -0.25) is 0 Å². The standard InChI is InChI=1S/C15H20N2OS/c1-11(2)18-14-7-5-4-6-13(14)9-16-10-15-17-8-12(3)19-15/h4-8,11,16H,9-10H2,1-3H3. The molecular formula is C15H20N2OS. The molecule has 0 aliphatic heterocycles. The molecule has 102 valence electrons. The second-order valence-corrected chi connectivity index (χ2v) is 6.06. The van der Waals surface area contributed by atoms with E-state index in [9.17, 15) is 0 Å². The van der Waals surface area contributed by atoms with E-state index in [1.807, 2.05) is 38.2 Å². The van der Waals surface area contributed by atoms with Crippen LogP contribution in [0.5, 0.6) is 5.75 Å². The summed E-state index contributed by atoms with van der Waals surface area (Å²) in [4.78, 5) is 5.59. The maximum absolute atomic E-state index is 5.80. The van der Waals surface area contributed by atoms with Gasteiger partial charge in [0.2, 0.25) is 0 Å². The number of benzene rings is 1. The Morgan fingerprint density at radius 1 is 1.26 bits per heavy atom. The highest BCUT2D eigenvalue weighted by molar-refractivity contribution is 7.11. The molecule has 0 saturated carbocycles. The number of ether oxygens (including phenoxy) is 1. The lowest BCUT2D eigenvalue weighted by Gasteiger charge is -2.14. The highest BCUT2D eigenvalue weighted by Crippen LogP contribution is 2.19. The quantitative estimate of drug-likeness (QED) is 0.876. The molecule has 19 heavy (non-hydrogen) atoms. The van der Waals surface area contributed by atoms with Gasteiger partial charge in [-0.2, -0.15) is 0 Å². The number of nitrogens with zero attached hydrogens (tertiary/aromatic N) is 1. The largest absolute Gasteiger partial charge is 0.491 e. The molecule has 1 aromatic heterocycles. The maximum atomic E-state index is 5.80. The van der Waals surface area contributed by atoms with Gasteiger partial charge in [-0.05, 0) is 26.8 Å². The average Bonchev–Trinajstić information content (AvgIpc) is 2.77. The van der Waals surface area contributed by atoms with E-state index in [0.29, 0.717) is 0 Å². The highest BCUT2D eigenvalue weighted by atomic mass is 32.1. The van der Waals surface area contributed by atoms with E-state index in [1.54, 1.807) is 11.3 Å². The van der Waals surface area contributed by atoms with Crippen LogP contribution in [-0.4, -0.2) is 11.1 Å². The zero-order valence-corrected chi connectivity index (χ0v) is 12.5. The number of hydrogen-bond donors (Lipinski definition) is 1. The van der Waals surface area contributed by atoms with Gasteiger partial charge in [-0.1, -0.05) is 18.2 Å². The van der Waals surface area contributed by atoms with Crippen LogP contribution in [0.3, 0.4) is 0 Å². The highest BCUT2D eigenvalue weighted by Gasteiger charge is 2.05. The number of rotatable bonds is 6. The first-order valence-electron chi connectivity index (χ1n) is 6.51. The summed E-state index contributed by atoms with van der Waals surface area (Å²) in [5.74, 6) is 0.959. The molecule has 0 fully saturated rings. The Kier molecular flexibility index (Phi) is 4.93. The van der Waals surface area contributed by atoms with Crippen molar-refractivity contribution in [3.8, 4) is 5.75 Å². The van der Waals surface area contributed by atoms with Crippen molar-refractivity contribution in [1.29, 1.82) is 0 Å². The van der Waals surface area contributed by atoms with E-state index in [0.717, 1.165) is 23.8 Å². The summed E-state index contributed by atoms with van der Waals surface area (Å²) in [5, 5.41) is 4.54. The lowest BCUT2D eigenvalue weighted by Crippen LogP contribution is -2.14. The van der Waals surface area contributed by atoms with E-state index in [4.69, 9.17) is 4.74 Å². The van der Waals surface area contributed by atoms with Crippen LogP contribution in [0.4, 0.5) is 0 Å². The Bertz CT molecular complexity index is 522. The monoisotopic (exact) mass is 276 g/mol. The molecule has 0 amide bonds. The fourth-order valence-corrected chi connectivity index (χ4v) is 2.56. The van der Waals surface area contributed by atoms with Crippen molar-refractivity contribution in [2.75, 3.05) is 0 Å². The summed E-state index contributed by atoms with van der Waals surface area (Å²) >= 11 is 1.73. The third kappa shape index (κ3) is 4.33. The second-order valence-electron chi connectivity index (χ2n) is 4.74. The number of aryl methyl sites for hydroxylation is 1. The average molecular weight is 276 g/mol. The summed E-state index contributed by atoms with van der Waals surface area (Å²) in [7, 11) is 0. The third-order valence-electron chi connectivity index (χ3n) is 2.60. The van der Waals surface area contributed by atoms with Gasteiger partial charge >= 0.3 is 0 Å². The van der Waals surface area contributed by atoms with E-state index < -0.39 is 0 Å². The summed E-state index contributed by atoms with van der Waals surface area (Å²) in [6, 6.07) is 8.16. The first kappa shape index (κ1) is 14.0. The second kappa shape index (κ2) is 6.68. The molecule has 0 aliphatic rings. The van der Waals surface area contributed by atoms with Crippen LogP contribution in [-0.2, 0) is 13.1 Å². The molecule has 3 nitrogen and oxygen atoms in total. The number of para-hydroxylation sites is 1. The molecule has 2 rings (SSSR count). The van der Waals surface area contributed by atoms with Crippen molar-refractivity contribution in [2.24, 2.45) is 0 Å². The van der Waals surface area contributed by atoms with Crippen LogP contribution in [0.15, 0.2) is 30.5 Å². The Morgan fingerprint density at radius 2 is 2.05 bits per heavy atom. The Labute approximate surface area is 118 Å². The van der Waals surface area contributed by atoms with Gasteiger partial charge < -0.3 is 10.1 Å². The van der Waals surface area contributed by atoms with Crippen molar-refractivity contribution < 1.29 is 4.74 Å². The first-order valence-corrected chi connectivity index (χ1v) is 7.33. The van der Waals surface area contributed by atoms with Crippen LogP contribution in [0.1, 0.15) is 29.3 Å². The minimum absolute atomic E-state index is 0.197. The molecule has 1 heterocycles. The SMILES string of the molecule is Cc1cnc(CNCc2ccccc2OC(C)C)s1. The number of hydrogen-bond acceptors (Lipinski definition) is 4. The molecule has 0 radical (unpaired) electrons. The van der Waals surface area contributed by atoms with Crippen LogP contribution in [0.25, 0.3) is 0 Å². The Balaban J connectivity index is 1.92. The van der Waals surface area contributed by atoms with Gasteiger partial charge in [-0.25, -0.2) is 4.98 Å². The van der Waals surface area contributed by atoms with E-state index in [2.05, 4.69) is 23.3 Å². The predicted octanol–water partition coefficient (Wildman–Crippen LogP) is 3.53. The molecule has 0 aliphatic carbocycles. The molecular weight excluding hydrogens is 256 g/mol. The molecule has 0 atom stereocenters. The number of nitrogens with one attached hydrogen (secondary N) is 1. The minimum Gasteiger partial charge on any atom is -0.491 e. The molecule has 0 spiro atoms. The van der Waals surface area contributed by atoms with Gasteiger partial charge in [0, 0.05) is 29.7 Å². The summed E-state index contributed by atoms with van der Waals surface area (Å²) in [5.41, 5.74) is 1.18. The van der Waals surface area contributed by atoms with Gasteiger partial charge in [0.05, 0.1) is 6.10 Å². The van der Waals surface area contributed by atoms with Crippen LogP contribution in [0.2, 0.25) is 0 Å². The molecule has 2 aromatic rings. The summed E-state index contributed by atoms with van der Waals surface area (Å²) < 4.78 is 5.80. The lowest BCUT2D eigenvalue weighted by atomic mass is 10.2. The molecule has 0 saturated heterocycles. The fraction of sp³-hybridized carbons (Fsp3) is 0.400. The van der Waals surface area contributed by atoms with Crippen molar-refractivity contribution in [2.45, 2.75) is 40.0 Å². The molecule has 4 heteroatoms. The van der Waals surface area contributed by atoms with Gasteiger partial charge in [0.15, 0.2) is 0 Å². The van der Waals surface area contributed by atoms with E-state index in [1.165, 1.54) is 10.4 Å². The van der Waals surface area contributed by atoms with E-state index >= 15 is 0 Å². The number of thiazole rings is 1. The summed E-state index contributed by atoms with van der Waals surface area (Å²) in [6.07, 6.45) is 2.11. The lowest BCUT2D eigenvalue weighted by molar-refractivity contribution is 0.239. The predicted molar refractivity (Wildman–Crippen MR) is 79.6 cm³/mol. The minimum atomic E-state index is 0.197.